The van der Waals surface area contributed by atoms with Gasteiger partial charge in [0.05, 0.1) is 11.4 Å². The molecule has 1 aromatic rings. The van der Waals surface area contributed by atoms with Crippen molar-refractivity contribution in [2.75, 3.05) is 33.2 Å². The quantitative estimate of drug-likeness (QED) is 0.784. The topological polar surface area (TPSA) is 23.6 Å². The standard InChI is InChI=1S/C14H22N2OS/c1-11-9-15(3)7-4-8-16(11)10-13(17)14-6-5-12(2)18-14/h5-6,11H,4,7-10H2,1-3H3. The van der Waals surface area contributed by atoms with Crippen LogP contribution in [0, 0.1) is 6.92 Å². The Morgan fingerprint density at radius 3 is 2.89 bits per heavy atom. The molecule has 1 atom stereocenters. The van der Waals surface area contributed by atoms with E-state index in [1.807, 2.05) is 19.1 Å². The zero-order valence-electron chi connectivity index (χ0n) is 11.5. The molecule has 1 aliphatic rings. The van der Waals surface area contributed by atoms with Gasteiger partial charge >= 0.3 is 0 Å². The molecule has 0 amide bonds. The highest BCUT2D eigenvalue weighted by Crippen LogP contribution is 2.17. The van der Waals surface area contributed by atoms with Gasteiger partial charge in [-0.1, -0.05) is 0 Å². The van der Waals surface area contributed by atoms with Crippen molar-refractivity contribution in [3.63, 3.8) is 0 Å². The molecule has 2 rings (SSSR count). The van der Waals surface area contributed by atoms with E-state index in [0.29, 0.717) is 12.6 Å². The highest BCUT2D eigenvalue weighted by atomic mass is 32.1. The molecule has 0 saturated carbocycles. The predicted octanol–water partition coefficient (Wildman–Crippen LogP) is 2.27. The lowest BCUT2D eigenvalue weighted by molar-refractivity contribution is 0.0904. The lowest BCUT2D eigenvalue weighted by Crippen LogP contribution is -2.40. The van der Waals surface area contributed by atoms with Gasteiger partial charge in [-0.05, 0) is 46.0 Å². The number of Topliss-reactive ketones (excluding diaryl/α,β-unsaturated/α-hetero) is 1. The summed E-state index contributed by atoms with van der Waals surface area (Å²) < 4.78 is 0. The molecule has 3 nitrogen and oxygen atoms in total. The lowest BCUT2D eigenvalue weighted by Gasteiger charge is -2.26. The first kappa shape index (κ1) is 13.7. The Kier molecular flexibility index (Phi) is 4.54. The number of aryl methyl sites for hydroxylation is 1. The Balaban J connectivity index is 1.97. The van der Waals surface area contributed by atoms with Crippen LogP contribution in [0.4, 0.5) is 0 Å². The number of hydrogen-bond acceptors (Lipinski definition) is 4. The largest absolute Gasteiger partial charge is 0.305 e. The number of rotatable bonds is 3. The van der Waals surface area contributed by atoms with Crippen LogP contribution >= 0.6 is 11.3 Å². The minimum absolute atomic E-state index is 0.268. The van der Waals surface area contributed by atoms with Crippen LogP contribution in [0.1, 0.15) is 27.9 Å². The maximum Gasteiger partial charge on any atom is 0.186 e. The van der Waals surface area contributed by atoms with Gasteiger partial charge in [0.25, 0.3) is 0 Å². The summed E-state index contributed by atoms with van der Waals surface area (Å²) in [7, 11) is 2.16. The Morgan fingerprint density at radius 1 is 1.44 bits per heavy atom. The van der Waals surface area contributed by atoms with E-state index in [-0.39, 0.29) is 5.78 Å². The average molecular weight is 266 g/mol. The fraction of sp³-hybridized carbons (Fsp3) is 0.643. The van der Waals surface area contributed by atoms with Crippen LogP contribution in [0.2, 0.25) is 0 Å². The van der Waals surface area contributed by atoms with Crippen LogP contribution in [0.5, 0.6) is 0 Å². The van der Waals surface area contributed by atoms with E-state index < -0.39 is 0 Å². The second-order valence-corrected chi connectivity index (χ2v) is 6.56. The Labute approximate surface area is 113 Å². The SMILES string of the molecule is Cc1ccc(C(=O)CN2CCCN(C)CC2C)s1. The molecule has 100 valence electrons. The van der Waals surface area contributed by atoms with E-state index in [2.05, 4.69) is 23.8 Å². The second kappa shape index (κ2) is 5.95. The molecular weight excluding hydrogens is 244 g/mol. The number of hydrogen-bond donors (Lipinski definition) is 0. The number of ketones is 1. The summed E-state index contributed by atoms with van der Waals surface area (Å²) >= 11 is 1.60. The fourth-order valence-electron chi connectivity index (χ4n) is 2.50. The number of carbonyl (C=O) groups is 1. The third-order valence-corrected chi connectivity index (χ3v) is 4.59. The van der Waals surface area contributed by atoms with Gasteiger partial charge in [0.2, 0.25) is 0 Å². The molecule has 0 radical (unpaired) electrons. The summed E-state index contributed by atoms with van der Waals surface area (Å²) in [5.41, 5.74) is 0. The van der Waals surface area contributed by atoms with E-state index in [9.17, 15) is 4.79 Å². The first-order chi connectivity index (χ1) is 8.56. The molecule has 1 fully saturated rings. The minimum Gasteiger partial charge on any atom is -0.305 e. The maximum atomic E-state index is 12.2. The lowest BCUT2D eigenvalue weighted by atomic mass is 10.2. The van der Waals surface area contributed by atoms with Crippen molar-refractivity contribution >= 4 is 17.1 Å². The number of carbonyl (C=O) groups excluding carboxylic acids is 1. The van der Waals surface area contributed by atoms with Gasteiger partial charge in [-0.2, -0.15) is 0 Å². The summed E-state index contributed by atoms with van der Waals surface area (Å²) in [6.45, 7) is 8.04. The molecule has 2 heterocycles. The molecule has 1 aliphatic heterocycles. The third kappa shape index (κ3) is 3.40. The molecule has 1 aromatic heterocycles. The van der Waals surface area contributed by atoms with Gasteiger partial charge < -0.3 is 4.90 Å². The van der Waals surface area contributed by atoms with Crippen LogP contribution in [0.15, 0.2) is 12.1 Å². The average Bonchev–Trinajstić information content (AvgIpc) is 2.67. The van der Waals surface area contributed by atoms with Crippen molar-refractivity contribution in [3.05, 3.63) is 21.9 Å². The van der Waals surface area contributed by atoms with Crippen LogP contribution in [0.3, 0.4) is 0 Å². The van der Waals surface area contributed by atoms with Crippen LogP contribution in [-0.4, -0.2) is 54.9 Å². The van der Waals surface area contributed by atoms with Crippen molar-refractivity contribution < 1.29 is 4.79 Å². The van der Waals surface area contributed by atoms with E-state index in [4.69, 9.17) is 0 Å². The summed E-state index contributed by atoms with van der Waals surface area (Å²) in [6, 6.07) is 4.44. The fourth-order valence-corrected chi connectivity index (χ4v) is 3.30. The maximum absolute atomic E-state index is 12.2. The minimum atomic E-state index is 0.268. The third-order valence-electron chi connectivity index (χ3n) is 3.55. The Morgan fingerprint density at radius 2 is 2.22 bits per heavy atom. The van der Waals surface area contributed by atoms with Gasteiger partial charge in [0.1, 0.15) is 0 Å². The second-order valence-electron chi connectivity index (χ2n) is 5.27. The van der Waals surface area contributed by atoms with Crippen LogP contribution < -0.4 is 0 Å². The molecular formula is C14H22N2OS. The molecule has 0 aromatic carbocycles. The van der Waals surface area contributed by atoms with Crippen molar-refractivity contribution in [2.45, 2.75) is 26.3 Å². The van der Waals surface area contributed by atoms with Crippen LogP contribution in [0.25, 0.3) is 0 Å². The molecule has 4 heteroatoms. The number of thiophene rings is 1. The molecule has 0 N–H and O–H groups in total. The number of likely N-dealkylation sites (N-methyl/N-ethyl adjacent to an activating group) is 1. The van der Waals surface area contributed by atoms with Crippen molar-refractivity contribution in [2.24, 2.45) is 0 Å². The predicted molar refractivity (Wildman–Crippen MR) is 76.5 cm³/mol. The van der Waals surface area contributed by atoms with E-state index in [0.717, 1.165) is 30.9 Å². The molecule has 1 unspecified atom stereocenters. The molecule has 0 bridgehead atoms. The first-order valence-corrected chi connectivity index (χ1v) is 7.40. The summed E-state index contributed by atoms with van der Waals surface area (Å²) in [4.78, 5) is 19.0. The van der Waals surface area contributed by atoms with Crippen molar-refractivity contribution in [3.8, 4) is 0 Å². The zero-order valence-corrected chi connectivity index (χ0v) is 12.3. The summed E-state index contributed by atoms with van der Waals surface area (Å²) in [6.07, 6.45) is 1.15. The molecule has 18 heavy (non-hydrogen) atoms. The molecule has 1 saturated heterocycles. The van der Waals surface area contributed by atoms with E-state index in [1.54, 1.807) is 11.3 Å². The van der Waals surface area contributed by atoms with Gasteiger partial charge in [0, 0.05) is 24.0 Å². The molecule has 0 aliphatic carbocycles. The highest BCUT2D eigenvalue weighted by molar-refractivity contribution is 7.14. The van der Waals surface area contributed by atoms with E-state index >= 15 is 0 Å². The number of nitrogens with zero attached hydrogens (tertiary/aromatic N) is 2. The van der Waals surface area contributed by atoms with Gasteiger partial charge in [-0.15, -0.1) is 11.3 Å². The summed E-state index contributed by atoms with van der Waals surface area (Å²) in [5, 5.41) is 0. The highest BCUT2D eigenvalue weighted by Gasteiger charge is 2.22. The smallest absolute Gasteiger partial charge is 0.186 e. The van der Waals surface area contributed by atoms with E-state index in [1.165, 1.54) is 4.88 Å². The molecule has 0 spiro atoms. The van der Waals surface area contributed by atoms with Gasteiger partial charge in [-0.25, -0.2) is 0 Å². The van der Waals surface area contributed by atoms with Crippen molar-refractivity contribution in [1.82, 2.24) is 9.80 Å². The van der Waals surface area contributed by atoms with Crippen LogP contribution in [-0.2, 0) is 0 Å². The monoisotopic (exact) mass is 266 g/mol. The normalized spacial score (nSPS) is 22.9. The summed E-state index contributed by atoms with van der Waals surface area (Å²) in [5.74, 6) is 0.268. The van der Waals surface area contributed by atoms with Gasteiger partial charge in [0.15, 0.2) is 5.78 Å². The Bertz CT molecular complexity index is 416. The Hall–Kier alpha value is -0.710. The van der Waals surface area contributed by atoms with Gasteiger partial charge in [-0.3, -0.25) is 9.69 Å². The zero-order chi connectivity index (χ0) is 13.1. The first-order valence-electron chi connectivity index (χ1n) is 6.58. The van der Waals surface area contributed by atoms with Crippen molar-refractivity contribution in [1.29, 1.82) is 0 Å².